The first-order valence-corrected chi connectivity index (χ1v) is 13.7. The zero-order valence-corrected chi connectivity index (χ0v) is 23.3. The molecular formula is C29H30FN5O4S. The molecule has 0 saturated heterocycles. The summed E-state index contributed by atoms with van der Waals surface area (Å²) in [7, 11) is -3.55. The van der Waals surface area contributed by atoms with Gasteiger partial charge in [0.1, 0.15) is 31.2 Å². The van der Waals surface area contributed by atoms with Crippen molar-refractivity contribution in [1.29, 1.82) is 4.78 Å². The minimum atomic E-state index is -3.55. The minimum absolute atomic E-state index is 0.0641. The Morgan fingerprint density at radius 2 is 1.73 bits per heavy atom. The summed E-state index contributed by atoms with van der Waals surface area (Å²) in [6, 6.07) is 13.5. The summed E-state index contributed by atoms with van der Waals surface area (Å²) in [5.41, 5.74) is 1.23. The number of pyridine rings is 1. The van der Waals surface area contributed by atoms with E-state index in [4.69, 9.17) is 9.52 Å². The number of anilines is 2. The first-order valence-electron chi connectivity index (χ1n) is 12.1. The Morgan fingerprint density at radius 1 is 1.05 bits per heavy atom. The van der Waals surface area contributed by atoms with Crippen molar-refractivity contribution in [3.8, 4) is 11.1 Å². The maximum Gasteiger partial charge on any atom is 0.412 e. The molecule has 1 atom stereocenters. The summed E-state index contributed by atoms with van der Waals surface area (Å²) >= 11 is 0. The van der Waals surface area contributed by atoms with E-state index in [2.05, 4.69) is 27.3 Å². The monoisotopic (exact) mass is 563 g/mol. The number of rotatable bonds is 8. The largest absolute Gasteiger partial charge is 0.444 e. The fourth-order valence-electron chi connectivity index (χ4n) is 3.40. The lowest BCUT2D eigenvalue weighted by atomic mass is 10.0. The van der Waals surface area contributed by atoms with Crippen LogP contribution in [-0.2, 0) is 14.5 Å². The number of benzene rings is 2. The average Bonchev–Trinajstić information content (AvgIpc) is 2.89. The van der Waals surface area contributed by atoms with Crippen LogP contribution in [0.5, 0.6) is 0 Å². The maximum absolute atomic E-state index is 13.4. The molecule has 208 valence electrons. The molecular weight excluding hydrogens is 533 g/mol. The van der Waals surface area contributed by atoms with Crippen LogP contribution < -0.4 is 10.6 Å². The highest BCUT2D eigenvalue weighted by Gasteiger charge is 2.20. The number of nitrogens with one attached hydrogen (secondary N) is 3. The first-order chi connectivity index (χ1) is 18.8. The van der Waals surface area contributed by atoms with Gasteiger partial charge in [-0.3, -0.25) is 15.1 Å². The van der Waals surface area contributed by atoms with Crippen molar-refractivity contribution in [2.24, 2.45) is 4.99 Å². The first kappa shape index (κ1) is 29.9. The van der Waals surface area contributed by atoms with Crippen LogP contribution in [0.1, 0.15) is 38.1 Å². The fourth-order valence-corrected chi connectivity index (χ4v) is 4.52. The summed E-state index contributed by atoms with van der Waals surface area (Å²) in [4.78, 5) is 33.4. The molecule has 0 saturated carbocycles. The minimum Gasteiger partial charge on any atom is -0.444 e. The lowest BCUT2D eigenvalue weighted by molar-refractivity contribution is 0.0635. The Morgan fingerprint density at radius 3 is 2.30 bits per heavy atom. The van der Waals surface area contributed by atoms with E-state index in [-0.39, 0.29) is 32.8 Å². The molecule has 0 fully saturated rings. The number of hydrogen-bond acceptors (Lipinski definition) is 7. The van der Waals surface area contributed by atoms with Gasteiger partial charge in [-0.2, -0.15) is 0 Å². The Hall–Kier alpha value is -4.64. The SMILES string of the molecule is C=N/C(=C\C=C/C)S(=N)(=O)c1ccc(C(=O)Nc2cc(-c3ccc(F)cc3)ccc2NC(=O)OC(C)(C)C)cn1. The van der Waals surface area contributed by atoms with Gasteiger partial charge in [0.25, 0.3) is 5.91 Å². The number of hydrogen-bond donors (Lipinski definition) is 3. The lowest BCUT2D eigenvalue weighted by Gasteiger charge is -2.21. The van der Waals surface area contributed by atoms with Crippen LogP contribution >= 0.6 is 0 Å². The van der Waals surface area contributed by atoms with Crippen LogP contribution in [0.25, 0.3) is 11.1 Å². The highest BCUT2D eigenvalue weighted by atomic mass is 32.2. The number of halogens is 1. The number of carbonyl (C=O) groups excluding carboxylic acids is 2. The van der Waals surface area contributed by atoms with Crippen molar-refractivity contribution in [3.63, 3.8) is 0 Å². The average molecular weight is 564 g/mol. The van der Waals surface area contributed by atoms with E-state index in [0.29, 0.717) is 11.1 Å². The van der Waals surface area contributed by atoms with Gasteiger partial charge in [0.05, 0.1) is 16.9 Å². The van der Waals surface area contributed by atoms with E-state index < -0.39 is 27.3 Å². The number of carbonyl (C=O) groups is 2. The van der Waals surface area contributed by atoms with Gasteiger partial charge >= 0.3 is 6.09 Å². The third-order valence-electron chi connectivity index (χ3n) is 5.26. The summed E-state index contributed by atoms with van der Waals surface area (Å²) in [6.45, 7) is 10.3. The van der Waals surface area contributed by atoms with Gasteiger partial charge in [-0.1, -0.05) is 30.4 Å². The van der Waals surface area contributed by atoms with Gasteiger partial charge in [-0.05, 0) is 88.0 Å². The van der Waals surface area contributed by atoms with Crippen LogP contribution in [0.2, 0.25) is 0 Å². The Kier molecular flexibility index (Phi) is 9.33. The molecule has 9 nitrogen and oxygen atoms in total. The molecule has 2 aromatic carbocycles. The molecule has 3 N–H and O–H groups in total. The second kappa shape index (κ2) is 12.5. The molecule has 2 amide bonds. The topological polar surface area (TPSA) is 134 Å². The summed E-state index contributed by atoms with van der Waals surface area (Å²) in [6.07, 6.45) is 5.17. The molecule has 3 aromatic rings. The Bertz CT molecular complexity index is 1570. The number of amides is 2. The zero-order chi connectivity index (χ0) is 29.5. The zero-order valence-electron chi connectivity index (χ0n) is 22.5. The number of aromatic nitrogens is 1. The third kappa shape index (κ3) is 7.70. The molecule has 1 unspecified atom stereocenters. The highest BCUT2D eigenvalue weighted by Crippen LogP contribution is 2.30. The van der Waals surface area contributed by atoms with Gasteiger partial charge in [0, 0.05) is 6.20 Å². The molecule has 3 rings (SSSR count). The van der Waals surface area contributed by atoms with Crippen molar-refractivity contribution < 1.29 is 22.9 Å². The van der Waals surface area contributed by atoms with Gasteiger partial charge < -0.3 is 10.1 Å². The van der Waals surface area contributed by atoms with Gasteiger partial charge in [-0.25, -0.2) is 23.2 Å². The van der Waals surface area contributed by atoms with Crippen LogP contribution in [0.3, 0.4) is 0 Å². The van der Waals surface area contributed by atoms with Crippen LogP contribution in [0, 0.1) is 10.6 Å². The van der Waals surface area contributed by atoms with E-state index in [1.54, 1.807) is 70.2 Å². The smallest absolute Gasteiger partial charge is 0.412 e. The van der Waals surface area contributed by atoms with E-state index in [1.807, 2.05) is 0 Å². The lowest BCUT2D eigenvalue weighted by Crippen LogP contribution is -2.27. The summed E-state index contributed by atoms with van der Waals surface area (Å²) < 4.78 is 40.1. The molecule has 0 bridgehead atoms. The van der Waals surface area contributed by atoms with Crippen molar-refractivity contribution in [1.82, 2.24) is 4.98 Å². The van der Waals surface area contributed by atoms with Crippen molar-refractivity contribution >= 4 is 39.8 Å². The predicted octanol–water partition coefficient (Wildman–Crippen LogP) is 7.01. The summed E-state index contributed by atoms with van der Waals surface area (Å²) in [5.74, 6) is -0.966. The molecule has 0 aliphatic rings. The molecule has 0 radical (unpaired) electrons. The number of nitrogens with zero attached hydrogens (tertiary/aromatic N) is 2. The Labute approximate surface area is 232 Å². The second-order valence-electron chi connectivity index (χ2n) is 9.48. The highest BCUT2D eigenvalue weighted by molar-refractivity contribution is 7.96. The number of aliphatic imine (C=N–C) groups is 1. The van der Waals surface area contributed by atoms with Gasteiger partial charge in [0.2, 0.25) is 0 Å². The summed E-state index contributed by atoms with van der Waals surface area (Å²) in [5, 5.41) is 5.23. The van der Waals surface area contributed by atoms with Crippen molar-refractivity contribution in [2.45, 2.75) is 38.3 Å². The molecule has 0 aliphatic carbocycles. The molecule has 0 aliphatic heterocycles. The molecule has 0 spiro atoms. The van der Waals surface area contributed by atoms with E-state index in [1.165, 1.54) is 36.5 Å². The van der Waals surface area contributed by atoms with Crippen LogP contribution in [0.4, 0.5) is 20.6 Å². The number of allylic oxidation sites excluding steroid dienone is 3. The van der Waals surface area contributed by atoms with Gasteiger partial charge in [0.15, 0.2) is 0 Å². The van der Waals surface area contributed by atoms with Crippen molar-refractivity contribution in [3.05, 3.63) is 95.4 Å². The molecule has 11 heteroatoms. The van der Waals surface area contributed by atoms with E-state index >= 15 is 0 Å². The quantitative estimate of drug-likeness (QED) is 0.200. The standard InChI is InChI=1S/C29H30FN5O4S/c1-6-7-8-25(32-5)40(31,38)26-16-12-21(18-33-26)27(36)34-24-17-20(19-9-13-22(30)14-10-19)11-15-23(24)35-28(37)39-29(2,3)4/h6-18,31H,5H2,1-4H3,(H,34,36)(H,35,37)/b7-6-,25-8+. The van der Waals surface area contributed by atoms with Crippen molar-refractivity contribution in [2.75, 3.05) is 10.6 Å². The number of ether oxygens (including phenoxy) is 1. The third-order valence-corrected chi connectivity index (χ3v) is 6.94. The van der Waals surface area contributed by atoms with Gasteiger partial charge in [-0.15, -0.1) is 0 Å². The molecule has 1 heterocycles. The normalized spacial score (nSPS) is 13.4. The molecule has 1 aromatic heterocycles. The Balaban J connectivity index is 1.93. The van der Waals surface area contributed by atoms with E-state index in [0.717, 1.165) is 0 Å². The van der Waals surface area contributed by atoms with Crippen LogP contribution in [0.15, 0.2) is 94.1 Å². The predicted molar refractivity (Wildman–Crippen MR) is 155 cm³/mol. The fraction of sp³-hybridized carbons (Fsp3) is 0.172. The maximum atomic E-state index is 13.4. The second-order valence-corrected chi connectivity index (χ2v) is 11.4. The van der Waals surface area contributed by atoms with E-state index in [9.17, 15) is 18.2 Å². The molecule has 40 heavy (non-hydrogen) atoms. The van der Waals surface area contributed by atoms with Crippen LogP contribution in [-0.4, -0.2) is 33.5 Å².